The van der Waals surface area contributed by atoms with Crippen LogP contribution in [0.5, 0.6) is 0 Å². The number of benzene rings is 1. The van der Waals surface area contributed by atoms with E-state index in [1.165, 1.54) is 12.1 Å². The summed E-state index contributed by atoms with van der Waals surface area (Å²) in [6.45, 7) is 0. The standard InChI is InChI=1S/C11H7ClN4O2S/c12-11-14-6-9(7-15-11)19(17,18)16-10-4-2-1-3-8(10)5-13/h1-4,6-7,16H. The second-order valence-corrected chi connectivity index (χ2v) is 5.47. The van der Waals surface area contributed by atoms with Gasteiger partial charge in [0, 0.05) is 0 Å². The Balaban J connectivity index is 2.37. The molecule has 0 radical (unpaired) electrons. The third-order valence-electron chi connectivity index (χ3n) is 2.20. The number of hydrogen-bond donors (Lipinski definition) is 1. The highest BCUT2D eigenvalue weighted by Crippen LogP contribution is 2.18. The Hall–Kier alpha value is -2.17. The van der Waals surface area contributed by atoms with Crippen molar-refractivity contribution in [1.29, 1.82) is 5.26 Å². The number of nitriles is 1. The average molecular weight is 295 g/mol. The molecule has 0 amide bonds. The van der Waals surface area contributed by atoms with Crippen molar-refractivity contribution in [2.75, 3.05) is 4.72 Å². The molecule has 96 valence electrons. The number of halogens is 1. The Labute approximate surface area is 114 Å². The molecule has 0 saturated heterocycles. The molecule has 19 heavy (non-hydrogen) atoms. The first-order valence-electron chi connectivity index (χ1n) is 5.02. The van der Waals surface area contributed by atoms with Crippen LogP contribution in [0.2, 0.25) is 5.28 Å². The molecule has 0 unspecified atom stereocenters. The fourth-order valence-corrected chi connectivity index (χ4v) is 2.38. The smallest absolute Gasteiger partial charge is 0.265 e. The molecule has 1 aromatic carbocycles. The predicted octanol–water partition coefficient (Wildman–Crippen LogP) is 1.80. The first-order valence-corrected chi connectivity index (χ1v) is 6.88. The van der Waals surface area contributed by atoms with Gasteiger partial charge in [0.2, 0.25) is 5.28 Å². The first kappa shape index (κ1) is 13.3. The molecule has 0 bridgehead atoms. The monoisotopic (exact) mass is 294 g/mol. The lowest BCUT2D eigenvalue weighted by Crippen LogP contribution is -2.14. The Kier molecular flexibility index (Phi) is 3.64. The van der Waals surface area contributed by atoms with Gasteiger partial charge in [-0.25, -0.2) is 18.4 Å². The van der Waals surface area contributed by atoms with E-state index in [1.54, 1.807) is 12.1 Å². The summed E-state index contributed by atoms with van der Waals surface area (Å²) in [4.78, 5) is 7.06. The lowest BCUT2D eigenvalue weighted by Gasteiger charge is -2.08. The fourth-order valence-electron chi connectivity index (χ4n) is 1.31. The van der Waals surface area contributed by atoms with Crippen molar-refractivity contribution in [2.24, 2.45) is 0 Å². The molecule has 0 fully saturated rings. The Morgan fingerprint density at radius 2 is 1.84 bits per heavy atom. The van der Waals surface area contributed by atoms with Crippen LogP contribution < -0.4 is 4.72 Å². The third kappa shape index (κ3) is 2.99. The van der Waals surface area contributed by atoms with Crippen LogP contribution in [0.1, 0.15) is 5.56 Å². The summed E-state index contributed by atoms with van der Waals surface area (Å²) < 4.78 is 26.4. The van der Waals surface area contributed by atoms with Crippen LogP contribution in [0.25, 0.3) is 0 Å². The number of rotatable bonds is 3. The largest absolute Gasteiger partial charge is 0.278 e. The lowest BCUT2D eigenvalue weighted by molar-refractivity contribution is 0.600. The van der Waals surface area contributed by atoms with Crippen molar-refractivity contribution in [2.45, 2.75) is 4.90 Å². The van der Waals surface area contributed by atoms with Crippen LogP contribution in [0.3, 0.4) is 0 Å². The van der Waals surface area contributed by atoms with E-state index in [2.05, 4.69) is 14.7 Å². The van der Waals surface area contributed by atoms with Crippen LogP contribution >= 0.6 is 11.6 Å². The average Bonchev–Trinajstić information content (AvgIpc) is 2.39. The zero-order valence-electron chi connectivity index (χ0n) is 9.41. The predicted molar refractivity (Wildman–Crippen MR) is 69.0 cm³/mol. The van der Waals surface area contributed by atoms with E-state index in [0.717, 1.165) is 12.4 Å². The fraction of sp³-hybridized carbons (Fsp3) is 0. The summed E-state index contributed by atoms with van der Waals surface area (Å²) in [6, 6.07) is 8.17. The summed E-state index contributed by atoms with van der Waals surface area (Å²) in [5.74, 6) is 0. The SMILES string of the molecule is N#Cc1ccccc1NS(=O)(=O)c1cnc(Cl)nc1. The van der Waals surface area contributed by atoms with Gasteiger partial charge in [-0.3, -0.25) is 4.72 Å². The Bertz CT molecular complexity index is 738. The minimum atomic E-state index is -3.85. The summed E-state index contributed by atoms with van der Waals surface area (Å²) in [5.41, 5.74) is 0.418. The van der Waals surface area contributed by atoms with Crippen molar-refractivity contribution in [1.82, 2.24) is 9.97 Å². The van der Waals surface area contributed by atoms with Crippen LogP contribution in [0.4, 0.5) is 5.69 Å². The van der Waals surface area contributed by atoms with Gasteiger partial charge in [0.05, 0.1) is 23.6 Å². The molecule has 0 saturated carbocycles. The van der Waals surface area contributed by atoms with Gasteiger partial charge in [0.25, 0.3) is 10.0 Å². The maximum absolute atomic E-state index is 12.0. The number of nitrogens with one attached hydrogen (secondary N) is 1. The molecule has 0 aliphatic carbocycles. The summed E-state index contributed by atoms with van der Waals surface area (Å²) >= 11 is 5.49. The van der Waals surface area contributed by atoms with Crippen molar-refractivity contribution in [3.05, 3.63) is 47.5 Å². The van der Waals surface area contributed by atoms with Crippen molar-refractivity contribution in [3.8, 4) is 6.07 Å². The molecule has 0 aliphatic rings. The van der Waals surface area contributed by atoms with E-state index >= 15 is 0 Å². The number of hydrogen-bond acceptors (Lipinski definition) is 5. The van der Waals surface area contributed by atoms with Gasteiger partial charge < -0.3 is 0 Å². The molecule has 8 heteroatoms. The molecular formula is C11H7ClN4O2S. The Morgan fingerprint density at radius 1 is 1.21 bits per heavy atom. The van der Waals surface area contributed by atoms with E-state index < -0.39 is 10.0 Å². The van der Waals surface area contributed by atoms with E-state index in [9.17, 15) is 8.42 Å². The van der Waals surface area contributed by atoms with Gasteiger partial charge >= 0.3 is 0 Å². The number of sulfonamides is 1. The molecular weight excluding hydrogens is 288 g/mol. The quantitative estimate of drug-likeness (QED) is 0.871. The zero-order chi connectivity index (χ0) is 13.9. The van der Waals surface area contributed by atoms with E-state index in [0.29, 0.717) is 0 Å². The highest BCUT2D eigenvalue weighted by Gasteiger charge is 2.16. The van der Waals surface area contributed by atoms with Gasteiger partial charge in [-0.05, 0) is 23.7 Å². The van der Waals surface area contributed by atoms with Gasteiger partial charge in [0.1, 0.15) is 11.0 Å². The maximum atomic E-state index is 12.0. The van der Waals surface area contributed by atoms with E-state index in [-0.39, 0.29) is 21.4 Å². The van der Waals surface area contributed by atoms with Gasteiger partial charge in [-0.1, -0.05) is 12.1 Å². The van der Waals surface area contributed by atoms with Crippen LogP contribution in [-0.2, 0) is 10.0 Å². The van der Waals surface area contributed by atoms with Crippen LogP contribution in [0, 0.1) is 11.3 Å². The normalized spacial score (nSPS) is 10.7. The highest BCUT2D eigenvalue weighted by molar-refractivity contribution is 7.92. The molecule has 0 aliphatic heterocycles. The summed E-state index contributed by atoms with van der Waals surface area (Å²) in [7, 11) is -3.85. The molecule has 6 nitrogen and oxygen atoms in total. The van der Waals surface area contributed by atoms with Crippen LogP contribution in [0.15, 0.2) is 41.6 Å². The molecule has 0 atom stereocenters. The second kappa shape index (κ2) is 5.22. The highest BCUT2D eigenvalue weighted by atomic mass is 35.5. The number of para-hydroxylation sites is 1. The third-order valence-corrected chi connectivity index (χ3v) is 3.71. The zero-order valence-corrected chi connectivity index (χ0v) is 11.0. The lowest BCUT2D eigenvalue weighted by atomic mass is 10.2. The topological polar surface area (TPSA) is 95.7 Å². The molecule has 2 aromatic rings. The molecule has 1 heterocycles. The molecule has 1 N–H and O–H groups in total. The van der Waals surface area contributed by atoms with E-state index in [4.69, 9.17) is 16.9 Å². The summed E-state index contributed by atoms with van der Waals surface area (Å²) in [6.07, 6.45) is 2.18. The van der Waals surface area contributed by atoms with Crippen LogP contribution in [-0.4, -0.2) is 18.4 Å². The van der Waals surface area contributed by atoms with Crippen molar-refractivity contribution >= 4 is 27.3 Å². The molecule has 2 rings (SSSR count). The Morgan fingerprint density at radius 3 is 2.47 bits per heavy atom. The molecule has 1 aromatic heterocycles. The first-order chi connectivity index (χ1) is 9.03. The number of aromatic nitrogens is 2. The molecule has 0 spiro atoms. The van der Waals surface area contributed by atoms with Crippen molar-refractivity contribution < 1.29 is 8.42 Å². The van der Waals surface area contributed by atoms with Gasteiger partial charge in [-0.15, -0.1) is 0 Å². The van der Waals surface area contributed by atoms with Gasteiger partial charge in [-0.2, -0.15) is 5.26 Å². The van der Waals surface area contributed by atoms with E-state index in [1.807, 2.05) is 6.07 Å². The second-order valence-electron chi connectivity index (χ2n) is 3.45. The minimum Gasteiger partial charge on any atom is -0.278 e. The summed E-state index contributed by atoms with van der Waals surface area (Å²) in [5, 5.41) is 8.85. The number of anilines is 1. The van der Waals surface area contributed by atoms with Gasteiger partial charge in [0.15, 0.2) is 0 Å². The minimum absolute atomic E-state index is 0.0450. The number of nitrogens with zero attached hydrogens (tertiary/aromatic N) is 3. The van der Waals surface area contributed by atoms with Crippen molar-refractivity contribution in [3.63, 3.8) is 0 Å². The maximum Gasteiger partial charge on any atom is 0.265 e.